The summed E-state index contributed by atoms with van der Waals surface area (Å²) in [5.41, 5.74) is 2.82. The van der Waals surface area contributed by atoms with E-state index in [9.17, 15) is 4.79 Å². The maximum atomic E-state index is 13.7. The Morgan fingerprint density at radius 3 is 2.07 bits per heavy atom. The number of hydrogen-bond donors (Lipinski definition) is 0. The first-order valence-corrected chi connectivity index (χ1v) is 23.4. The summed E-state index contributed by atoms with van der Waals surface area (Å²) in [7, 11) is -2.91. The zero-order valence-corrected chi connectivity index (χ0v) is 37.1. The molecule has 4 heterocycles. The highest BCUT2D eigenvalue weighted by Crippen LogP contribution is 2.38. The minimum Gasteiger partial charge on any atom is -0.463 e. The molecule has 12 heteroatoms. The van der Waals surface area contributed by atoms with Gasteiger partial charge in [0.15, 0.2) is 0 Å². The normalized spacial score (nSPS) is 18.4. The van der Waals surface area contributed by atoms with Gasteiger partial charge in [-0.05, 0) is 54.6 Å². The third-order valence-corrected chi connectivity index (χ3v) is 16.6. The molecule has 1 atom stereocenters. The van der Waals surface area contributed by atoms with Crippen LogP contribution >= 0.6 is 0 Å². The summed E-state index contributed by atoms with van der Waals surface area (Å²) < 4.78 is 25.5. The van der Waals surface area contributed by atoms with Crippen LogP contribution in [0.25, 0.3) is 0 Å². The van der Waals surface area contributed by atoms with Crippen molar-refractivity contribution >= 4 is 30.6 Å². The summed E-state index contributed by atoms with van der Waals surface area (Å²) in [6.07, 6.45) is 1.38. The number of fused-ring (bicyclic) bond motifs is 1. The Balaban J connectivity index is 1.23. The second-order valence-corrected chi connectivity index (χ2v) is 22.4. The molecule has 1 amide bonds. The fourth-order valence-electron chi connectivity index (χ4n) is 8.75. The van der Waals surface area contributed by atoms with E-state index >= 15 is 0 Å². The van der Waals surface area contributed by atoms with Crippen LogP contribution in [0.1, 0.15) is 64.8 Å². The molecule has 2 fully saturated rings. The van der Waals surface area contributed by atoms with E-state index in [2.05, 4.69) is 126 Å². The van der Waals surface area contributed by atoms with Crippen LogP contribution in [0.5, 0.6) is 6.01 Å². The van der Waals surface area contributed by atoms with Crippen molar-refractivity contribution in [2.45, 2.75) is 84.2 Å². The summed E-state index contributed by atoms with van der Waals surface area (Å²) in [5.74, 6) is 0.887. The van der Waals surface area contributed by atoms with Gasteiger partial charge in [0.25, 0.3) is 8.32 Å². The quantitative estimate of drug-likeness (QED) is 0.116. The van der Waals surface area contributed by atoms with Gasteiger partial charge in [0.2, 0.25) is 0 Å². The number of anilines is 1. The molecule has 7 rings (SSSR count). The van der Waals surface area contributed by atoms with Gasteiger partial charge in [0.05, 0.1) is 38.2 Å². The number of amides is 1. The van der Waals surface area contributed by atoms with Crippen molar-refractivity contribution in [3.8, 4) is 6.01 Å². The molecule has 0 N–H and O–H groups in total. The van der Waals surface area contributed by atoms with Gasteiger partial charge in [0.1, 0.15) is 11.4 Å². The van der Waals surface area contributed by atoms with Gasteiger partial charge in [-0.1, -0.05) is 112 Å². The second-order valence-electron chi connectivity index (χ2n) is 18.1. The van der Waals surface area contributed by atoms with Gasteiger partial charge in [-0.25, -0.2) is 4.79 Å². The van der Waals surface area contributed by atoms with E-state index in [1.807, 2.05) is 25.7 Å². The van der Waals surface area contributed by atoms with Crippen LogP contribution in [0.4, 0.5) is 10.6 Å². The first-order valence-electron chi connectivity index (χ1n) is 21.5. The third-order valence-electron chi connectivity index (χ3n) is 11.6. The summed E-state index contributed by atoms with van der Waals surface area (Å²) in [4.78, 5) is 33.2. The number of ether oxygens (including phenoxy) is 3. The number of hydrogen-bond acceptors (Lipinski definition) is 10. The van der Waals surface area contributed by atoms with E-state index in [0.29, 0.717) is 45.4 Å². The Hall–Kier alpha value is -4.33. The molecule has 3 aliphatic heterocycles. The van der Waals surface area contributed by atoms with Crippen LogP contribution in [0.15, 0.2) is 91.0 Å². The van der Waals surface area contributed by atoms with Crippen molar-refractivity contribution < 1.29 is 23.4 Å². The van der Waals surface area contributed by atoms with E-state index in [1.165, 1.54) is 15.9 Å². The Labute approximate surface area is 352 Å². The van der Waals surface area contributed by atoms with Crippen molar-refractivity contribution in [2.75, 3.05) is 77.1 Å². The highest BCUT2D eigenvalue weighted by molar-refractivity contribution is 6.99. The lowest BCUT2D eigenvalue weighted by atomic mass is 10.0. The Bertz CT molecular complexity index is 1910. The molecular formula is C47H64N6O5Si. The summed E-state index contributed by atoms with van der Waals surface area (Å²) in [6, 6.07) is 32.3. The van der Waals surface area contributed by atoms with Gasteiger partial charge in [-0.3, -0.25) is 9.80 Å². The first kappa shape index (κ1) is 42.8. The van der Waals surface area contributed by atoms with Crippen LogP contribution in [-0.2, 0) is 33.4 Å². The lowest BCUT2D eigenvalue weighted by Gasteiger charge is -2.47. The standard InChI is InChI=1S/C47H64N6O5Si/c1-46(2,3)58-45(54)52-26-27-53(38(34-52)36-57-59(47(4,5)6,39-19-12-8-13-20-39)40-21-14-9-15-22-40)43-41-23-25-51(33-37-17-10-7-11-18-37)35-42(41)48-44(49-43)56-30-16-24-50-28-31-55-32-29-50/h7-15,17-22,38H,16,23-36H2,1-6H3/t38-/m0/s1. The molecule has 0 spiro atoms. The SMILES string of the molecule is CC(C)(C)OC(=O)N1CCN(c2nc(OCCCN3CCOCC3)nc3c2CCN(Cc2ccccc2)C3)[C@H](CO[Si](c2ccccc2)(c2ccccc2)C(C)(C)C)C1. The number of morpholine rings is 1. The number of carbonyl (C=O) groups is 1. The number of piperazine rings is 1. The molecule has 0 bridgehead atoms. The van der Waals surface area contributed by atoms with Crippen molar-refractivity contribution in [3.63, 3.8) is 0 Å². The van der Waals surface area contributed by atoms with Gasteiger partial charge in [0, 0.05) is 64.5 Å². The first-order chi connectivity index (χ1) is 28.4. The van der Waals surface area contributed by atoms with Crippen LogP contribution in [0.3, 0.4) is 0 Å². The number of aromatic nitrogens is 2. The number of rotatable bonds is 13. The number of carbonyl (C=O) groups excluding carboxylic acids is 1. The third kappa shape index (κ3) is 10.5. The molecule has 0 aliphatic carbocycles. The molecule has 1 aromatic heterocycles. The molecule has 3 aliphatic rings. The van der Waals surface area contributed by atoms with Gasteiger partial charge >= 0.3 is 12.1 Å². The van der Waals surface area contributed by atoms with Crippen LogP contribution in [0, 0.1) is 0 Å². The second kappa shape index (κ2) is 18.9. The zero-order valence-electron chi connectivity index (χ0n) is 36.1. The number of nitrogens with zero attached hydrogens (tertiary/aromatic N) is 6. The minimum atomic E-state index is -2.91. The zero-order chi connectivity index (χ0) is 41.5. The Morgan fingerprint density at radius 1 is 0.797 bits per heavy atom. The smallest absolute Gasteiger partial charge is 0.410 e. The average Bonchev–Trinajstić information content (AvgIpc) is 3.22. The lowest BCUT2D eigenvalue weighted by Crippen LogP contribution is -2.68. The predicted molar refractivity (Wildman–Crippen MR) is 236 cm³/mol. The molecule has 2 saturated heterocycles. The highest BCUT2D eigenvalue weighted by atomic mass is 28.4. The fraction of sp³-hybridized carbons (Fsp3) is 0.511. The van der Waals surface area contributed by atoms with Crippen LogP contribution in [0.2, 0.25) is 5.04 Å². The highest BCUT2D eigenvalue weighted by Gasteiger charge is 2.51. The van der Waals surface area contributed by atoms with Crippen molar-refractivity contribution in [1.82, 2.24) is 24.7 Å². The number of benzene rings is 3. The Morgan fingerprint density at radius 2 is 1.44 bits per heavy atom. The van der Waals surface area contributed by atoms with E-state index < -0.39 is 13.9 Å². The average molecular weight is 821 g/mol. The Kier molecular flexibility index (Phi) is 13.7. The monoisotopic (exact) mass is 820 g/mol. The lowest BCUT2D eigenvalue weighted by molar-refractivity contribution is 0.0199. The van der Waals surface area contributed by atoms with Crippen molar-refractivity contribution in [3.05, 3.63) is 108 Å². The summed E-state index contributed by atoms with van der Waals surface area (Å²) in [5, 5.41) is 2.23. The van der Waals surface area contributed by atoms with Crippen LogP contribution in [-0.4, -0.2) is 123 Å². The topological polar surface area (TPSA) is 92.7 Å². The largest absolute Gasteiger partial charge is 0.463 e. The summed E-state index contributed by atoms with van der Waals surface area (Å²) in [6.45, 7) is 21.9. The summed E-state index contributed by atoms with van der Waals surface area (Å²) >= 11 is 0. The predicted octanol–water partition coefficient (Wildman–Crippen LogP) is 6.14. The van der Waals surface area contributed by atoms with E-state index in [0.717, 1.165) is 75.9 Å². The molecule has 4 aromatic rings. The molecule has 0 unspecified atom stereocenters. The van der Waals surface area contributed by atoms with E-state index in [1.54, 1.807) is 0 Å². The molecular weight excluding hydrogens is 757 g/mol. The molecule has 316 valence electrons. The van der Waals surface area contributed by atoms with Crippen molar-refractivity contribution in [2.24, 2.45) is 0 Å². The fourth-order valence-corrected chi connectivity index (χ4v) is 13.3. The van der Waals surface area contributed by atoms with Gasteiger partial charge < -0.3 is 28.4 Å². The van der Waals surface area contributed by atoms with Crippen LogP contribution < -0.4 is 20.0 Å². The van der Waals surface area contributed by atoms with Crippen molar-refractivity contribution in [1.29, 1.82) is 0 Å². The molecule has 3 aromatic carbocycles. The molecule has 59 heavy (non-hydrogen) atoms. The molecule has 0 radical (unpaired) electrons. The van der Waals surface area contributed by atoms with Gasteiger partial charge in [-0.2, -0.15) is 9.97 Å². The van der Waals surface area contributed by atoms with Gasteiger partial charge in [-0.15, -0.1) is 0 Å². The molecule has 0 saturated carbocycles. The van der Waals surface area contributed by atoms with E-state index in [-0.39, 0.29) is 17.2 Å². The minimum absolute atomic E-state index is 0.210. The van der Waals surface area contributed by atoms with E-state index in [4.69, 9.17) is 28.6 Å². The maximum absolute atomic E-state index is 13.7. The molecule has 11 nitrogen and oxygen atoms in total. The maximum Gasteiger partial charge on any atom is 0.410 e.